The molecule has 0 bridgehead atoms. The van der Waals surface area contributed by atoms with Crippen molar-refractivity contribution in [3.63, 3.8) is 0 Å². The number of aryl methyl sites for hydroxylation is 1. The van der Waals surface area contributed by atoms with Crippen LogP contribution in [0.3, 0.4) is 0 Å². The van der Waals surface area contributed by atoms with Crippen LogP contribution < -0.4 is 4.74 Å². The Balaban J connectivity index is 1.18. The standard InChI is InChI=1S/C34H47FN2O3/c1-40-32-16-6-5-10-26(32)13-7-9-25-17-19-36(20-18-25)22-29-23-37(24-31(29)28-14-8-15-30(35)21-28)33(34(38)39)27-11-3-2-4-12-27/h5-6,8,10,14-16,21,25,27,29,31,33H,2-4,7,9,11-13,17-20,22-24H2,1H3,(H,38,39). The van der Waals surface area contributed by atoms with Gasteiger partial charge in [-0.2, -0.15) is 0 Å². The van der Waals surface area contributed by atoms with Crippen molar-refractivity contribution >= 4 is 5.97 Å². The molecule has 0 radical (unpaired) electrons. The minimum atomic E-state index is -0.681. The molecule has 0 aromatic heterocycles. The fourth-order valence-corrected chi connectivity index (χ4v) is 7.82. The Morgan fingerprint density at radius 3 is 2.52 bits per heavy atom. The molecular weight excluding hydrogens is 503 g/mol. The van der Waals surface area contributed by atoms with Crippen LogP contribution in [0.25, 0.3) is 0 Å². The lowest BCUT2D eigenvalue weighted by Gasteiger charge is -2.35. The Labute approximate surface area is 239 Å². The number of carbonyl (C=O) groups is 1. The summed E-state index contributed by atoms with van der Waals surface area (Å²) in [6.07, 6.45) is 11.4. The minimum Gasteiger partial charge on any atom is -0.496 e. The molecule has 0 amide bonds. The number of carboxylic acid groups (broad SMARTS) is 1. The van der Waals surface area contributed by atoms with Gasteiger partial charge in [0.25, 0.3) is 0 Å². The Hall–Kier alpha value is -2.44. The second-order valence-electron chi connectivity index (χ2n) is 12.5. The summed E-state index contributed by atoms with van der Waals surface area (Å²) in [5.41, 5.74) is 2.32. The molecule has 218 valence electrons. The van der Waals surface area contributed by atoms with Crippen molar-refractivity contribution in [3.8, 4) is 5.75 Å². The summed E-state index contributed by atoms with van der Waals surface area (Å²) in [6, 6.07) is 14.9. The number of piperidine rings is 1. The molecule has 3 unspecified atom stereocenters. The zero-order valence-corrected chi connectivity index (χ0v) is 24.1. The zero-order chi connectivity index (χ0) is 27.9. The highest BCUT2D eigenvalue weighted by molar-refractivity contribution is 5.74. The van der Waals surface area contributed by atoms with E-state index in [1.165, 1.54) is 43.7 Å². The van der Waals surface area contributed by atoms with Crippen molar-refractivity contribution in [2.75, 3.05) is 39.8 Å². The van der Waals surface area contributed by atoms with E-state index in [0.29, 0.717) is 12.5 Å². The number of hydrogen-bond donors (Lipinski definition) is 1. The van der Waals surface area contributed by atoms with E-state index >= 15 is 0 Å². The van der Waals surface area contributed by atoms with E-state index in [4.69, 9.17) is 4.74 Å². The number of methoxy groups -OCH3 is 1. The van der Waals surface area contributed by atoms with Crippen LogP contribution in [-0.4, -0.2) is 66.8 Å². The lowest BCUT2D eigenvalue weighted by atomic mass is 9.83. The van der Waals surface area contributed by atoms with Gasteiger partial charge in [0.1, 0.15) is 17.6 Å². The Morgan fingerprint density at radius 1 is 1.02 bits per heavy atom. The number of aliphatic carboxylic acids is 1. The zero-order valence-electron chi connectivity index (χ0n) is 24.1. The summed E-state index contributed by atoms with van der Waals surface area (Å²) < 4.78 is 19.8. The van der Waals surface area contributed by atoms with Gasteiger partial charge in [-0.25, -0.2) is 4.39 Å². The summed E-state index contributed by atoms with van der Waals surface area (Å²) in [5.74, 6) is 1.57. The van der Waals surface area contributed by atoms with E-state index in [1.807, 2.05) is 18.2 Å². The van der Waals surface area contributed by atoms with Gasteiger partial charge in [0.15, 0.2) is 0 Å². The molecule has 40 heavy (non-hydrogen) atoms. The maximum atomic E-state index is 14.3. The minimum absolute atomic E-state index is 0.166. The van der Waals surface area contributed by atoms with Crippen molar-refractivity contribution in [1.29, 1.82) is 0 Å². The molecule has 2 aromatic carbocycles. The van der Waals surface area contributed by atoms with E-state index in [9.17, 15) is 14.3 Å². The van der Waals surface area contributed by atoms with Gasteiger partial charge in [-0.3, -0.25) is 9.69 Å². The Morgan fingerprint density at radius 2 is 1.80 bits per heavy atom. The van der Waals surface area contributed by atoms with Crippen LogP contribution >= 0.6 is 0 Å². The molecule has 1 N–H and O–H groups in total. The van der Waals surface area contributed by atoms with Gasteiger partial charge in [-0.15, -0.1) is 0 Å². The van der Waals surface area contributed by atoms with Crippen molar-refractivity contribution in [2.24, 2.45) is 17.8 Å². The largest absolute Gasteiger partial charge is 0.496 e. The molecule has 2 heterocycles. The highest BCUT2D eigenvalue weighted by atomic mass is 19.1. The number of carboxylic acids is 1. The maximum Gasteiger partial charge on any atom is 0.321 e. The van der Waals surface area contributed by atoms with Crippen LogP contribution in [0.15, 0.2) is 48.5 Å². The summed E-state index contributed by atoms with van der Waals surface area (Å²) in [5, 5.41) is 10.3. The molecule has 1 aliphatic carbocycles. The monoisotopic (exact) mass is 550 g/mol. The molecule has 6 heteroatoms. The average molecular weight is 551 g/mol. The first-order valence-electron chi connectivity index (χ1n) is 15.6. The quantitative estimate of drug-likeness (QED) is 0.341. The van der Waals surface area contributed by atoms with E-state index in [0.717, 1.165) is 75.5 Å². The van der Waals surface area contributed by atoms with Gasteiger partial charge in [-0.05, 0) is 98.7 Å². The number of hydrogen-bond acceptors (Lipinski definition) is 4. The summed E-state index contributed by atoms with van der Waals surface area (Å²) in [7, 11) is 1.74. The van der Waals surface area contributed by atoms with Crippen LogP contribution in [0.1, 0.15) is 74.8 Å². The predicted molar refractivity (Wildman–Crippen MR) is 157 cm³/mol. The maximum absolute atomic E-state index is 14.3. The molecular formula is C34H47FN2O3. The third-order valence-electron chi connectivity index (χ3n) is 9.94. The molecule has 0 spiro atoms. The first-order chi connectivity index (χ1) is 19.5. The SMILES string of the molecule is COc1ccccc1CCCC1CCN(CC2CN(C(C(=O)O)C3CCCCC3)CC2c2cccc(F)c2)CC1. The summed E-state index contributed by atoms with van der Waals surface area (Å²) >= 11 is 0. The molecule has 2 aromatic rings. The molecule has 3 atom stereocenters. The molecule has 1 saturated carbocycles. The third kappa shape index (κ3) is 7.25. The molecule has 5 rings (SSSR count). The van der Waals surface area contributed by atoms with Crippen molar-refractivity contribution in [1.82, 2.24) is 9.80 Å². The van der Waals surface area contributed by atoms with E-state index < -0.39 is 12.0 Å². The molecule has 3 fully saturated rings. The van der Waals surface area contributed by atoms with Crippen LogP contribution in [0.2, 0.25) is 0 Å². The topological polar surface area (TPSA) is 53.0 Å². The summed E-state index contributed by atoms with van der Waals surface area (Å²) in [4.78, 5) is 17.3. The van der Waals surface area contributed by atoms with Crippen LogP contribution in [0.5, 0.6) is 5.75 Å². The van der Waals surface area contributed by atoms with Crippen molar-refractivity contribution in [2.45, 2.75) is 76.2 Å². The highest BCUT2D eigenvalue weighted by Gasteiger charge is 2.43. The third-order valence-corrected chi connectivity index (χ3v) is 9.94. The van der Waals surface area contributed by atoms with Gasteiger partial charge < -0.3 is 14.7 Å². The van der Waals surface area contributed by atoms with Crippen LogP contribution in [0.4, 0.5) is 4.39 Å². The van der Waals surface area contributed by atoms with E-state index in [-0.39, 0.29) is 17.7 Å². The van der Waals surface area contributed by atoms with Crippen molar-refractivity contribution < 1.29 is 19.0 Å². The van der Waals surface area contributed by atoms with Crippen LogP contribution in [-0.2, 0) is 11.2 Å². The predicted octanol–water partition coefficient (Wildman–Crippen LogP) is 6.62. The van der Waals surface area contributed by atoms with Gasteiger partial charge >= 0.3 is 5.97 Å². The molecule has 5 nitrogen and oxygen atoms in total. The number of rotatable bonds is 11. The van der Waals surface area contributed by atoms with Crippen LogP contribution in [0, 0.1) is 23.6 Å². The number of likely N-dealkylation sites (tertiary alicyclic amines) is 2. The number of benzene rings is 2. The lowest BCUT2D eigenvalue weighted by Crippen LogP contribution is -2.46. The van der Waals surface area contributed by atoms with Gasteiger partial charge in [-0.1, -0.05) is 56.0 Å². The van der Waals surface area contributed by atoms with Crippen molar-refractivity contribution in [3.05, 3.63) is 65.5 Å². The number of halogens is 1. The highest BCUT2D eigenvalue weighted by Crippen LogP contribution is 2.39. The first kappa shape index (κ1) is 29.1. The second kappa shape index (κ2) is 14.0. The molecule has 2 saturated heterocycles. The van der Waals surface area contributed by atoms with Gasteiger partial charge in [0.05, 0.1) is 7.11 Å². The number of nitrogens with zero attached hydrogens (tertiary/aromatic N) is 2. The Bertz CT molecular complexity index is 1100. The smallest absolute Gasteiger partial charge is 0.321 e. The first-order valence-corrected chi connectivity index (χ1v) is 15.6. The van der Waals surface area contributed by atoms with Gasteiger partial charge in [0.2, 0.25) is 0 Å². The van der Waals surface area contributed by atoms with E-state index in [2.05, 4.69) is 21.9 Å². The fourth-order valence-electron chi connectivity index (χ4n) is 7.82. The number of para-hydroxylation sites is 1. The lowest BCUT2D eigenvalue weighted by molar-refractivity contribution is -0.145. The van der Waals surface area contributed by atoms with E-state index in [1.54, 1.807) is 19.2 Å². The van der Waals surface area contributed by atoms with Gasteiger partial charge in [0, 0.05) is 25.6 Å². The molecule has 2 aliphatic heterocycles. The number of ether oxygens (including phenoxy) is 1. The Kier molecular flexibility index (Phi) is 10.1. The normalized spacial score (nSPS) is 24.2. The fraction of sp³-hybridized carbons (Fsp3) is 0.618. The summed E-state index contributed by atoms with van der Waals surface area (Å²) in [6.45, 7) is 4.64. The second-order valence-corrected chi connectivity index (χ2v) is 12.5. The average Bonchev–Trinajstić information content (AvgIpc) is 3.37. The molecule has 3 aliphatic rings.